The highest BCUT2D eigenvalue weighted by Crippen LogP contribution is 2.21. The molecule has 0 saturated carbocycles. The molecule has 4 heteroatoms. The second kappa shape index (κ2) is 7.09. The number of hydrogen-bond acceptors (Lipinski definition) is 4. The van der Waals surface area contributed by atoms with Gasteiger partial charge in [0.2, 0.25) is 0 Å². The van der Waals surface area contributed by atoms with Gasteiger partial charge in [-0.15, -0.1) is 0 Å². The minimum Gasteiger partial charge on any atom is -0.388 e. The molecule has 0 aromatic carbocycles. The molecule has 1 aliphatic rings. The van der Waals surface area contributed by atoms with E-state index in [1.165, 1.54) is 0 Å². The molecule has 1 N–H and O–H groups in total. The lowest BCUT2D eigenvalue weighted by Gasteiger charge is -2.35. The molecule has 1 fully saturated rings. The summed E-state index contributed by atoms with van der Waals surface area (Å²) in [6.07, 6.45) is 4.09. The molecule has 0 atom stereocenters. The highest BCUT2D eigenvalue weighted by atomic mass is 16.5. The van der Waals surface area contributed by atoms with Gasteiger partial charge in [-0.2, -0.15) is 0 Å². The maximum atomic E-state index is 10.8. The number of carbonyl (C=O) groups excluding carboxylic acids is 1. The highest BCUT2D eigenvalue weighted by molar-refractivity contribution is 5.75. The Hall–Kier alpha value is -0.450. The van der Waals surface area contributed by atoms with Gasteiger partial charge in [0.25, 0.3) is 0 Å². The van der Waals surface area contributed by atoms with Crippen molar-refractivity contribution in [3.63, 3.8) is 0 Å². The molecule has 4 nitrogen and oxygen atoms in total. The number of hydrogen-bond donors (Lipinski definition) is 1. The molecule has 100 valence electrons. The third-order valence-corrected chi connectivity index (χ3v) is 3.31. The number of rotatable bonds is 7. The van der Waals surface area contributed by atoms with Crippen molar-refractivity contribution in [3.8, 4) is 0 Å². The number of aliphatic hydroxyl groups is 1. The molecular weight excluding hydrogens is 218 g/mol. The minimum absolute atomic E-state index is 0.260. The van der Waals surface area contributed by atoms with Crippen LogP contribution < -0.4 is 0 Å². The second-order valence-electron chi connectivity index (χ2n) is 5.23. The van der Waals surface area contributed by atoms with Crippen LogP contribution in [0.1, 0.15) is 39.0 Å². The smallest absolute Gasteiger partial charge is 0.129 e. The summed E-state index contributed by atoms with van der Waals surface area (Å²) in [7, 11) is 2.03. The lowest BCUT2D eigenvalue weighted by Crippen LogP contribution is -2.45. The summed E-state index contributed by atoms with van der Waals surface area (Å²) in [5, 5.41) is 10.3. The van der Waals surface area contributed by atoms with Crippen LogP contribution in [0.25, 0.3) is 0 Å². The molecule has 0 aromatic rings. The van der Waals surface area contributed by atoms with Crippen molar-refractivity contribution in [2.45, 2.75) is 44.6 Å². The van der Waals surface area contributed by atoms with Crippen molar-refractivity contribution in [2.75, 3.05) is 33.4 Å². The second-order valence-corrected chi connectivity index (χ2v) is 5.23. The Labute approximate surface area is 104 Å². The number of ether oxygens (including phenoxy) is 1. The fourth-order valence-electron chi connectivity index (χ4n) is 2.25. The summed E-state index contributed by atoms with van der Waals surface area (Å²) in [5.41, 5.74) is -0.576. The zero-order valence-electron chi connectivity index (χ0n) is 11.1. The van der Waals surface area contributed by atoms with E-state index in [2.05, 4.69) is 4.90 Å². The van der Waals surface area contributed by atoms with Crippen molar-refractivity contribution in [3.05, 3.63) is 0 Å². The molecule has 0 spiro atoms. The zero-order valence-corrected chi connectivity index (χ0v) is 11.1. The van der Waals surface area contributed by atoms with Gasteiger partial charge < -0.3 is 19.5 Å². The van der Waals surface area contributed by atoms with E-state index in [1.807, 2.05) is 7.05 Å². The van der Waals surface area contributed by atoms with Crippen LogP contribution in [0.3, 0.4) is 0 Å². The average Bonchev–Trinajstić information content (AvgIpc) is 2.24. The lowest BCUT2D eigenvalue weighted by atomic mass is 9.94. The third kappa shape index (κ3) is 6.15. The van der Waals surface area contributed by atoms with E-state index in [9.17, 15) is 9.90 Å². The Balaban J connectivity index is 2.15. The van der Waals surface area contributed by atoms with Gasteiger partial charge in [-0.1, -0.05) is 0 Å². The standard InChI is InChI=1S/C13H25NO3/c1-12(15)5-3-4-8-14(2)11-13(16)6-9-17-10-7-13/h16H,3-11H2,1-2H3. The first kappa shape index (κ1) is 14.6. The quantitative estimate of drug-likeness (QED) is 0.683. The van der Waals surface area contributed by atoms with Crippen molar-refractivity contribution in [1.82, 2.24) is 4.90 Å². The first-order valence-electron chi connectivity index (χ1n) is 6.50. The Bertz CT molecular complexity index is 237. The summed E-state index contributed by atoms with van der Waals surface area (Å²) in [5.74, 6) is 0.260. The van der Waals surface area contributed by atoms with Gasteiger partial charge in [0.1, 0.15) is 5.78 Å². The Morgan fingerprint density at radius 2 is 2.00 bits per heavy atom. The number of carbonyl (C=O) groups is 1. The van der Waals surface area contributed by atoms with Crippen LogP contribution >= 0.6 is 0 Å². The van der Waals surface area contributed by atoms with Crippen LogP contribution in [0.2, 0.25) is 0 Å². The highest BCUT2D eigenvalue weighted by Gasteiger charge is 2.30. The van der Waals surface area contributed by atoms with Crippen molar-refractivity contribution >= 4 is 5.78 Å². The first-order chi connectivity index (χ1) is 8.02. The predicted molar refractivity (Wildman–Crippen MR) is 67.0 cm³/mol. The van der Waals surface area contributed by atoms with Crippen molar-refractivity contribution in [1.29, 1.82) is 0 Å². The largest absolute Gasteiger partial charge is 0.388 e. The summed E-state index contributed by atoms with van der Waals surface area (Å²) >= 11 is 0. The summed E-state index contributed by atoms with van der Waals surface area (Å²) in [6, 6.07) is 0. The van der Waals surface area contributed by atoms with Crippen LogP contribution in [0, 0.1) is 0 Å². The summed E-state index contributed by atoms with van der Waals surface area (Å²) in [6.45, 7) is 4.60. The molecule has 1 rings (SSSR count). The molecular formula is C13H25NO3. The molecule has 0 radical (unpaired) electrons. The van der Waals surface area contributed by atoms with Gasteiger partial charge in [-0.3, -0.25) is 0 Å². The molecule has 0 bridgehead atoms. The normalized spacial score (nSPS) is 19.5. The third-order valence-electron chi connectivity index (χ3n) is 3.31. The molecule has 0 amide bonds. The minimum atomic E-state index is -0.576. The van der Waals surface area contributed by atoms with Crippen LogP contribution in [0.5, 0.6) is 0 Å². The van der Waals surface area contributed by atoms with E-state index in [1.54, 1.807) is 6.92 Å². The maximum absolute atomic E-state index is 10.8. The molecule has 1 heterocycles. The van der Waals surface area contributed by atoms with Crippen LogP contribution in [0.15, 0.2) is 0 Å². The van der Waals surface area contributed by atoms with Gasteiger partial charge in [0, 0.05) is 39.0 Å². The van der Waals surface area contributed by atoms with E-state index in [0.29, 0.717) is 26.2 Å². The number of likely N-dealkylation sites (N-methyl/N-ethyl adjacent to an activating group) is 1. The number of ketones is 1. The number of Topliss-reactive ketones (excluding diaryl/α,β-unsaturated/α-hetero) is 1. The number of unbranched alkanes of at least 4 members (excludes halogenated alkanes) is 1. The Morgan fingerprint density at radius 3 is 2.59 bits per heavy atom. The Morgan fingerprint density at radius 1 is 1.35 bits per heavy atom. The Kier molecular flexibility index (Phi) is 6.09. The SMILES string of the molecule is CC(=O)CCCCN(C)CC1(O)CCOCC1. The van der Waals surface area contributed by atoms with Crippen LogP contribution in [0.4, 0.5) is 0 Å². The average molecular weight is 243 g/mol. The van der Waals surface area contributed by atoms with Gasteiger partial charge in [0.15, 0.2) is 0 Å². The molecule has 1 aliphatic heterocycles. The van der Waals surface area contributed by atoms with E-state index in [4.69, 9.17) is 4.74 Å². The van der Waals surface area contributed by atoms with E-state index in [-0.39, 0.29) is 5.78 Å². The zero-order chi connectivity index (χ0) is 12.7. The van der Waals surface area contributed by atoms with Crippen LogP contribution in [-0.4, -0.2) is 54.7 Å². The van der Waals surface area contributed by atoms with Gasteiger partial charge >= 0.3 is 0 Å². The van der Waals surface area contributed by atoms with Gasteiger partial charge in [-0.25, -0.2) is 0 Å². The summed E-state index contributed by atoms with van der Waals surface area (Å²) in [4.78, 5) is 12.9. The molecule has 0 unspecified atom stereocenters. The monoisotopic (exact) mass is 243 g/mol. The van der Waals surface area contributed by atoms with E-state index < -0.39 is 5.60 Å². The maximum Gasteiger partial charge on any atom is 0.129 e. The van der Waals surface area contributed by atoms with Crippen LogP contribution in [-0.2, 0) is 9.53 Å². The van der Waals surface area contributed by atoms with E-state index >= 15 is 0 Å². The molecule has 0 aliphatic carbocycles. The lowest BCUT2D eigenvalue weighted by molar-refractivity contribution is -0.117. The van der Waals surface area contributed by atoms with Gasteiger partial charge in [0.05, 0.1) is 5.60 Å². The fraction of sp³-hybridized carbons (Fsp3) is 0.923. The summed E-state index contributed by atoms with van der Waals surface area (Å²) < 4.78 is 5.26. The molecule has 1 saturated heterocycles. The topological polar surface area (TPSA) is 49.8 Å². The predicted octanol–water partition coefficient (Wildman–Crippen LogP) is 1.22. The van der Waals surface area contributed by atoms with E-state index in [0.717, 1.165) is 32.2 Å². The first-order valence-corrected chi connectivity index (χ1v) is 6.50. The van der Waals surface area contributed by atoms with Gasteiger partial charge in [-0.05, 0) is 33.4 Å². The molecule has 0 aromatic heterocycles. The van der Waals surface area contributed by atoms with Crippen molar-refractivity contribution in [2.24, 2.45) is 0 Å². The van der Waals surface area contributed by atoms with Crippen molar-refractivity contribution < 1.29 is 14.6 Å². The fourth-order valence-corrected chi connectivity index (χ4v) is 2.25. The number of nitrogens with zero attached hydrogens (tertiary/aromatic N) is 1. The molecule has 17 heavy (non-hydrogen) atoms.